The van der Waals surface area contributed by atoms with Crippen molar-refractivity contribution in [2.75, 3.05) is 11.1 Å². The monoisotopic (exact) mass is 250 g/mol. The fraction of sp³-hybridized carbons (Fsp3) is 0. The second kappa shape index (κ2) is 4.71. The molecule has 2 rings (SSSR count). The minimum Gasteiger partial charge on any atom is -0.382 e. The first kappa shape index (κ1) is 11.2. The van der Waals surface area contributed by atoms with Crippen LogP contribution in [0.2, 0.25) is 5.02 Å². The third-order valence-electron chi connectivity index (χ3n) is 1.84. The Morgan fingerprint density at radius 2 is 2.18 bits per heavy atom. The number of anilines is 2. The quantitative estimate of drug-likeness (QED) is 0.815. The highest BCUT2D eigenvalue weighted by atomic mass is 35.5. The topological polar surface area (TPSA) is 107 Å². The zero-order valence-corrected chi connectivity index (χ0v) is 9.22. The SMILES string of the molecule is Nc1ncc(C(=O)Nc2nccnn2)cc1Cl. The van der Waals surface area contributed by atoms with Crippen LogP contribution in [0.1, 0.15) is 10.4 Å². The number of halogens is 1. The molecule has 7 nitrogen and oxygen atoms in total. The van der Waals surface area contributed by atoms with E-state index in [9.17, 15) is 4.79 Å². The number of aromatic nitrogens is 4. The second-order valence-electron chi connectivity index (χ2n) is 3.01. The van der Waals surface area contributed by atoms with Gasteiger partial charge in [-0.1, -0.05) is 11.6 Å². The zero-order valence-electron chi connectivity index (χ0n) is 8.46. The summed E-state index contributed by atoms with van der Waals surface area (Å²) in [7, 11) is 0. The van der Waals surface area contributed by atoms with E-state index in [1.54, 1.807) is 0 Å². The third-order valence-corrected chi connectivity index (χ3v) is 2.14. The molecule has 0 fully saturated rings. The molecular weight excluding hydrogens is 244 g/mol. The Kier molecular flexibility index (Phi) is 3.10. The van der Waals surface area contributed by atoms with Gasteiger partial charge in [0.25, 0.3) is 5.91 Å². The molecule has 3 N–H and O–H groups in total. The molecule has 17 heavy (non-hydrogen) atoms. The van der Waals surface area contributed by atoms with Crippen molar-refractivity contribution < 1.29 is 4.79 Å². The van der Waals surface area contributed by atoms with Gasteiger partial charge in [-0.25, -0.2) is 9.97 Å². The minimum absolute atomic E-state index is 0.102. The molecule has 0 aliphatic heterocycles. The van der Waals surface area contributed by atoms with Crippen LogP contribution in [-0.2, 0) is 0 Å². The van der Waals surface area contributed by atoms with E-state index in [2.05, 4.69) is 25.5 Å². The maximum absolute atomic E-state index is 11.7. The Bertz CT molecular complexity index is 546. The molecule has 0 radical (unpaired) electrons. The van der Waals surface area contributed by atoms with Gasteiger partial charge in [0.1, 0.15) is 5.82 Å². The molecule has 0 aliphatic carbocycles. The van der Waals surface area contributed by atoms with E-state index in [0.29, 0.717) is 0 Å². The first-order valence-electron chi connectivity index (χ1n) is 4.53. The van der Waals surface area contributed by atoms with Crippen molar-refractivity contribution in [1.29, 1.82) is 0 Å². The van der Waals surface area contributed by atoms with Gasteiger partial charge in [-0.2, -0.15) is 5.10 Å². The van der Waals surface area contributed by atoms with Gasteiger partial charge in [0.15, 0.2) is 0 Å². The van der Waals surface area contributed by atoms with Crippen LogP contribution in [0, 0.1) is 0 Å². The number of rotatable bonds is 2. The summed E-state index contributed by atoms with van der Waals surface area (Å²) in [6.45, 7) is 0. The first-order chi connectivity index (χ1) is 8.16. The summed E-state index contributed by atoms with van der Waals surface area (Å²) in [5.41, 5.74) is 5.69. The summed E-state index contributed by atoms with van der Waals surface area (Å²) in [5.74, 6) is -0.168. The van der Waals surface area contributed by atoms with Crippen LogP contribution in [0.15, 0.2) is 24.7 Å². The largest absolute Gasteiger partial charge is 0.382 e. The van der Waals surface area contributed by atoms with Crippen LogP contribution in [0.3, 0.4) is 0 Å². The molecule has 0 spiro atoms. The zero-order chi connectivity index (χ0) is 12.3. The number of carbonyl (C=O) groups is 1. The average molecular weight is 251 g/mol. The number of hydrogen-bond acceptors (Lipinski definition) is 6. The standard InChI is InChI=1S/C9H7ClN6O/c10-6-3-5(4-13-7(6)11)8(17)15-9-12-1-2-14-16-9/h1-4H,(H2,11,13)(H,12,15,16,17). The van der Waals surface area contributed by atoms with Crippen LogP contribution in [-0.4, -0.2) is 26.1 Å². The van der Waals surface area contributed by atoms with Crippen molar-refractivity contribution >= 4 is 29.3 Å². The number of amides is 1. The van der Waals surface area contributed by atoms with Crippen molar-refractivity contribution in [1.82, 2.24) is 20.2 Å². The Morgan fingerprint density at radius 1 is 1.35 bits per heavy atom. The van der Waals surface area contributed by atoms with E-state index in [4.69, 9.17) is 17.3 Å². The molecule has 2 aromatic heterocycles. The highest BCUT2D eigenvalue weighted by molar-refractivity contribution is 6.33. The Balaban J connectivity index is 2.18. The smallest absolute Gasteiger partial charge is 0.259 e. The van der Waals surface area contributed by atoms with E-state index < -0.39 is 5.91 Å². The van der Waals surface area contributed by atoms with Crippen molar-refractivity contribution in [2.24, 2.45) is 0 Å². The van der Waals surface area contributed by atoms with E-state index >= 15 is 0 Å². The number of nitrogens with zero attached hydrogens (tertiary/aromatic N) is 4. The lowest BCUT2D eigenvalue weighted by molar-refractivity contribution is 0.102. The van der Waals surface area contributed by atoms with Crippen molar-refractivity contribution in [3.8, 4) is 0 Å². The summed E-state index contributed by atoms with van der Waals surface area (Å²) < 4.78 is 0. The summed E-state index contributed by atoms with van der Waals surface area (Å²) in [5, 5.41) is 9.84. The third kappa shape index (κ3) is 2.64. The van der Waals surface area contributed by atoms with E-state index in [-0.39, 0.29) is 22.4 Å². The summed E-state index contributed by atoms with van der Waals surface area (Å²) in [6, 6.07) is 1.41. The summed E-state index contributed by atoms with van der Waals surface area (Å²) in [4.78, 5) is 19.3. The molecule has 0 unspecified atom stereocenters. The molecule has 0 atom stereocenters. The maximum atomic E-state index is 11.7. The van der Waals surface area contributed by atoms with Crippen molar-refractivity contribution in [2.45, 2.75) is 0 Å². The number of nitrogen functional groups attached to an aromatic ring is 1. The molecule has 8 heteroatoms. The molecule has 0 bridgehead atoms. The van der Waals surface area contributed by atoms with Gasteiger partial charge in [-0.05, 0) is 6.07 Å². The van der Waals surface area contributed by atoms with Crippen molar-refractivity contribution in [3.05, 3.63) is 35.2 Å². The van der Waals surface area contributed by atoms with Gasteiger partial charge in [-0.15, -0.1) is 5.10 Å². The minimum atomic E-state index is -0.438. The van der Waals surface area contributed by atoms with Crippen LogP contribution in [0.25, 0.3) is 0 Å². The van der Waals surface area contributed by atoms with Gasteiger partial charge in [0, 0.05) is 6.20 Å². The summed E-state index contributed by atoms with van der Waals surface area (Å²) >= 11 is 5.75. The lowest BCUT2D eigenvalue weighted by atomic mass is 10.2. The first-order valence-corrected chi connectivity index (χ1v) is 4.90. The molecule has 0 saturated carbocycles. The Labute approximate surface area is 101 Å². The second-order valence-corrected chi connectivity index (χ2v) is 3.42. The lowest BCUT2D eigenvalue weighted by Crippen LogP contribution is -2.15. The number of nitrogens with two attached hydrogens (primary N) is 1. The Morgan fingerprint density at radius 3 is 2.82 bits per heavy atom. The van der Waals surface area contributed by atoms with E-state index in [1.165, 1.54) is 24.7 Å². The predicted octanol–water partition coefficient (Wildman–Crippen LogP) is 0.754. The van der Waals surface area contributed by atoms with Crippen molar-refractivity contribution in [3.63, 3.8) is 0 Å². The molecule has 0 aromatic carbocycles. The van der Waals surface area contributed by atoms with E-state index in [0.717, 1.165) is 0 Å². The maximum Gasteiger partial charge on any atom is 0.259 e. The molecule has 0 aliphatic rings. The van der Waals surface area contributed by atoms with E-state index in [1.807, 2.05) is 0 Å². The lowest BCUT2D eigenvalue weighted by Gasteiger charge is -2.03. The molecule has 2 heterocycles. The van der Waals surface area contributed by atoms with Gasteiger partial charge < -0.3 is 5.73 Å². The summed E-state index contributed by atoms with van der Waals surface area (Å²) in [6.07, 6.45) is 4.13. The van der Waals surface area contributed by atoms with Gasteiger partial charge in [-0.3, -0.25) is 10.1 Å². The van der Waals surface area contributed by atoms with Crippen LogP contribution >= 0.6 is 11.6 Å². The number of nitrogens with one attached hydrogen (secondary N) is 1. The van der Waals surface area contributed by atoms with Gasteiger partial charge in [0.2, 0.25) is 5.95 Å². The predicted molar refractivity (Wildman–Crippen MR) is 61.4 cm³/mol. The van der Waals surface area contributed by atoms with Crippen LogP contribution in [0.5, 0.6) is 0 Å². The average Bonchev–Trinajstić information content (AvgIpc) is 2.34. The highest BCUT2D eigenvalue weighted by Gasteiger charge is 2.10. The number of hydrogen-bond donors (Lipinski definition) is 2. The molecular formula is C9H7ClN6O. The number of pyridine rings is 1. The van der Waals surface area contributed by atoms with Crippen LogP contribution in [0.4, 0.5) is 11.8 Å². The van der Waals surface area contributed by atoms with Gasteiger partial charge in [0.05, 0.1) is 23.0 Å². The molecule has 86 valence electrons. The normalized spacial score (nSPS) is 9.94. The molecule has 0 saturated heterocycles. The number of carbonyl (C=O) groups excluding carboxylic acids is 1. The van der Waals surface area contributed by atoms with Crippen LogP contribution < -0.4 is 11.1 Å². The molecule has 1 amide bonds. The van der Waals surface area contributed by atoms with Gasteiger partial charge >= 0.3 is 0 Å². The highest BCUT2D eigenvalue weighted by Crippen LogP contribution is 2.17. The molecule has 2 aromatic rings. The fourth-order valence-electron chi connectivity index (χ4n) is 1.05. The Hall–Kier alpha value is -2.28. The fourth-order valence-corrected chi connectivity index (χ4v) is 1.22.